The molecule has 3 aromatic carbocycles. The molecule has 5 aromatic rings. The molecule has 2 aromatic heterocycles. The second-order valence-electron chi connectivity index (χ2n) is 11.2. The van der Waals surface area contributed by atoms with E-state index < -0.39 is 0 Å². The lowest BCUT2D eigenvalue weighted by molar-refractivity contribution is -0.133. The molecule has 0 radical (unpaired) electrons. The highest BCUT2D eigenvalue weighted by molar-refractivity contribution is 6.01. The number of rotatable bonds is 11. The zero-order chi connectivity index (χ0) is 30.5. The Balaban J connectivity index is 0.992. The van der Waals surface area contributed by atoms with E-state index in [9.17, 15) is 9.59 Å². The van der Waals surface area contributed by atoms with Gasteiger partial charge in [-0.05, 0) is 78.3 Å². The first-order valence-electron chi connectivity index (χ1n) is 15.0. The lowest BCUT2D eigenvalue weighted by atomic mass is 10.0. The molecule has 0 aliphatic carbocycles. The molecule has 0 bridgehead atoms. The summed E-state index contributed by atoms with van der Waals surface area (Å²) in [7, 11) is 0. The number of nitrogens with two attached hydrogens (primary N) is 1. The summed E-state index contributed by atoms with van der Waals surface area (Å²) in [5.74, 6) is -0.472. The van der Waals surface area contributed by atoms with Crippen molar-refractivity contribution < 1.29 is 14.3 Å². The van der Waals surface area contributed by atoms with E-state index in [1.807, 2.05) is 22.8 Å². The number of piperidine rings is 1. The van der Waals surface area contributed by atoms with E-state index in [0.717, 1.165) is 63.1 Å². The number of nitrogens with zero attached hydrogens (tertiary/aromatic N) is 3. The molecule has 1 saturated heterocycles. The molecule has 1 fully saturated rings. The number of anilines is 1. The zero-order valence-corrected chi connectivity index (χ0v) is 24.8. The third kappa shape index (κ3) is 6.69. The molecule has 6 rings (SSSR count). The Morgan fingerprint density at radius 2 is 1.75 bits per heavy atom. The summed E-state index contributed by atoms with van der Waals surface area (Å²) >= 11 is 0. The van der Waals surface area contributed by atoms with Gasteiger partial charge in [0.1, 0.15) is 12.4 Å². The van der Waals surface area contributed by atoms with Gasteiger partial charge in [0, 0.05) is 42.6 Å². The van der Waals surface area contributed by atoms with Crippen molar-refractivity contribution in [1.29, 1.82) is 0 Å². The molecule has 3 heterocycles. The summed E-state index contributed by atoms with van der Waals surface area (Å²) in [6, 6.07) is 24.5. The first-order valence-corrected chi connectivity index (χ1v) is 15.0. The first-order chi connectivity index (χ1) is 21.5. The van der Waals surface area contributed by atoms with Gasteiger partial charge >= 0.3 is 0 Å². The van der Waals surface area contributed by atoms with E-state index in [4.69, 9.17) is 10.5 Å². The van der Waals surface area contributed by atoms with Crippen LogP contribution in [0.15, 0.2) is 85.3 Å². The molecule has 4 N–H and O–H groups in total. The zero-order valence-electron chi connectivity index (χ0n) is 24.8. The average Bonchev–Trinajstić information content (AvgIpc) is 3.48. The van der Waals surface area contributed by atoms with Crippen LogP contribution in [-0.2, 0) is 33.9 Å². The van der Waals surface area contributed by atoms with Gasteiger partial charge in [-0.3, -0.25) is 14.9 Å². The van der Waals surface area contributed by atoms with Gasteiger partial charge in [0.25, 0.3) is 0 Å². The summed E-state index contributed by atoms with van der Waals surface area (Å²) in [6.07, 6.45) is 6.31. The number of ether oxygens (including phenoxy) is 1. The number of nitrogens with one attached hydrogen (secondary N) is 2. The fraction of sp³-hybridized carbons (Fsp3) is 0.257. The van der Waals surface area contributed by atoms with Gasteiger partial charge in [-0.1, -0.05) is 48.5 Å². The van der Waals surface area contributed by atoms with Crippen molar-refractivity contribution >= 4 is 23.0 Å². The fourth-order valence-corrected chi connectivity index (χ4v) is 5.54. The Bertz CT molecular complexity index is 1780. The molecule has 224 valence electrons. The molecular weight excluding hydrogens is 552 g/mol. The number of aromatic nitrogens is 3. The predicted octanol–water partition coefficient (Wildman–Crippen LogP) is 5.20. The van der Waals surface area contributed by atoms with E-state index in [1.54, 1.807) is 6.33 Å². The van der Waals surface area contributed by atoms with Crippen LogP contribution in [0.1, 0.15) is 41.5 Å². The summed E-state index contributed by atoms with van der Waals surface area (Å²) in [6.45, 7) is 3.81. The Labute approximate surface area is 256 Å². The molecule has 1 unspecified atom stereocenters. The Kier molecular flexibility index (Phi) is 8.76. The maximum atomic E-state index is 12.0. The van der Waals surface area contributed by atoms with Crippen LogP contribution in [0, 0.1) is 6.92 Å². The number of carbonyl (C=O) groups excluding carboxylic acids is 2. The second-order valence-corrected chi connectivity index (χ2v) is 11.2. The van der Waals surface area contributed by atoms with Gasteiger partial charge in [0.15, 0.2) is 0 Å². The van der Waals surface area contributed by atoms with Crippen LogP contribution in [-0.4, -0.2) is 39.1 Å². The maximum absolute atomic E-state index is 12.0. The average molecular weight is 589 g/mol. The number of fused-ring (bicyclic) bond motifs is 1. The highest BCUT2D eigenvalue weighted by atomic mass is 16.5. The molecule has 0 spiro atoms. The third-order valence-electron chi connectivity index (χ3n) is 8.09. The molecule has 9 heteroatoms. The van der Waals surface area contributed by atoms with Gasteiger partial charge in [-0.25, -0.2) is 9.50 Å². The molecule has 0 saturated carbocycles. The van der Waals surface area contributed by atoms with Crippen LogP contribution in [0.2, 0.25) is 0 Å². The van der Waals surface area contributed by atoms with E-state index in [1.165, 1.54) is 5.56 Å². The van der Waals surface area contributed by atoms with E-state index in [2.05, 4.69) is 88.3 Å². The number of benzene rings is 3. The minimum atomic E-state index is -0.374. The van der Waals surface area contributed by atoms with Crippen LogP contribution in [0.5, 0.6) is 0 Å². The predicted molar refractivity (Wildman–Crippen MR) is 171 cm³/mol. The normalized spacial score (nSPS) is 15.0. The van der Waals surface area contributed by atoms with E-state index >= 15 is 0 Å². The Morgan fingerprint density at radius 3 is 2.50 bits per heavy atom. The molecular formula is C35H36N6O3. The maximum Gasteiger partial charge on any atom is 0.249 e. The van der Waals surface area contributed by atoms with E-state index in [-0.39, 0.29) is 17.9 Å². The Hall–Kier alpha value is -4.86. The summed E-state index contributed by atoms with van der Waals surface area (Å²) in [5, 5.41) is 10.0. The number of carbonyl (C=O) groups is 2. The van der Waals surface area contributed by atoms with Crippen LogP contribution in [0.25, 0.3) is 27.9 Å². The SMILES string of the molecule is Cc1cc(-c2ncnn3cc(-c4ccc(COCCCc5ccc(NC6CCC(=O)NC6=O)cc5)cc4)cc23)ccc1CN. The van der Waals surface area contributed by atoms with Gasteiger partial charge in [-0.2, -0.15) is 5.10 Å². The van der Waals surface area contributed by atoms with Gasteiger partial charge in [0.2, 0.25) is 11.8 Å². The van der Waals surface area contributed by atoms with Crippen molar-refractivity contribution in [2.45, 2.75) is 51.8 Å². The highest BCUT2D eigenvalue weighted by Crippen LogP contribution is 2.29. The molecule has 9 nitrogen and oxygen atoms in total. The van der Waals surface area contributed by atoms with Crippen molar-refractivity contribution in [2.75, 3.05) is 11.9 Å². The molecule has 1 atom stereocenters. The highest BCUT2D eigenvalue weighted by Gasteiger charge is 2.26. The lowest BCUT2D eigenvalue weighted by Gasteiger charge is -2.22. The van der Waals surface area contributed by atoms with Gasteiger partial charge < -0.3 is 15.8 Å². The third-order valence-corrected chi connectivity index (χ3v) is 8.09. The minimum absolute atomic E-state index is 0.209. The number of aryl methyl sites for hydroxylation is 2. The standard InChI is InChI=1S/C35H36N6O3/c1-23-17-27(10-11-28(23)19-36)34-32-18-29(20-41(32)38-22-37-34)26-8-4-25(5-9-26)21-44-16-2-3-24-6-12-30(13-7-24)39-31-14-15-33(42)40-35(31)43/h4-13,17-18,20,22,31,39H,2-3,14-16,19,21,36H2,1H3,(H,40,42,43). The van der Waals surface area contributed by atoms with Crippen molar-refractivity contribution in [3.8, 4) is 22.4 Å². The monoisotopic (exact) mass is 588 g/mol. The van der Waals surface area contributed by atoms with Crippen LogP contribution in [0.3, 0.4) is 0 Å². The quantitative estimate of drug-likeness (QED) is 0.143. The molecule has 1 aliphatic rings. The topological polar surface area (TPSA) is 124 Å². The van der Waals surface area contributed by atoms with Crippen LogP contribution < -0.4 is 16.4 Å². The molecule has 44 heavy (non-hydrogen) atoms. The fourth-order valence-electron chi connectivity index (χ4n) is 5.54. The second kappa shape index (κ2) is 13.2. The lowest BCUT2D eigenvalue weighted by Crippen LogP contribution is -2.47. The first kappa shape index (κ1) is 29.2. The largest absolute Gasteiger partial charge is 0.377 e. The van der Waals surface area contributed by atoms with Crippen molar-refractivity contribution in [1.82, 2.24) is 19.9 Å². The summed E-state index contributed by atoms with van der Waals surface area (Å²) in [4.78, 5) is 27.9. The minimum Gasteiger partial charge on any atom is -0.377 e. The van der Waals surface area contributed by atoms with E-state index in [0.29, 0.717) is 32.6 Å². The number of hydrogen-bond donors (Lipinski definition) is 3. The number of hydrogen-bond acceptors (Lipinski definition) is 7. The number of amides is 2. The molecule has 2 amide bonds. The van der Waals surface area contributed by atoms with Crippen LogP contribution >= 0.6 is 0 Å². The number of imide groups is 1. The van der Waals surface area contributed by atoms with Crippen LogP contribution in [0.4, 0.5) is 5.69 Å². The van der Waals surface area contributed by atoms with Crippen molar-refractivity contribution in [3.05, 3.63) is 108 Å². The van der Waals surface area contributed by atoms with Gasteiger partial charge in [-0.15, -0.1) is 0 Å². The van der Waals surface area contributed by atoms with Crippen molar-refractivity contribution in [2.24, 2.45) is 5.73 Å². The molecule has 1 aliphatic heterocycles. The summed E-state index contributed by atoms with van der Waals surface area (Å²) in [5.41, 5.74) is 16.4. The van der Waals surface area contributed by atoms with Crippen molar-refractivity contribution in [3.63, 3.8) is 0 Å². The summed E-state index contributed by atoms with van der Waals surface area (Å²) < 4.78 is 7.83. The van der Waals surface area contributed by atoms with Gasteiger partial charge in [0.05, 0.1) is 17.8 Å². The smallest absolute Gasteiger partial charge is 0.249 e. The Morgan fingerprint density at radius 1 is 0.977 bits per heavy atom.